The molecule has 0 aromatic carbocycles. The van der Waals surface area contributed by atoms with Crippen molar-refractivity contribution in [3.05, 3.63) is 60.5 Å². The Morgan fingerprint density at radius 1 is 1.06 bits per heavy atom. The maximum absolute atomic E-state index is 10.3. The van der Waals surface area contributed by atoms with E-state index in [-0.39, 0.29) is 0 Å². The largest absolute Gasteiger partial charge is 0.374 e. The minimum Gasteiger partial charge on any atom is -0.374 e. The molecule has 0 saturated carbocycles. The highest BCUT2D eigenvalue weighted by Crippen LogP contribution is 2.33. The maximum Gasteiger partial charge on any atom is 0.181 e. The second kappa shape index (κ2) is 9.14. The van der Waals surface area contributed by atoms with Gasteiger partial charge in [-0.05, 0) is 42.0 Å². The zero-order chi connectivity index (χ0) is 24.6. The molecule has 1 atom stereocenters. The van der Waals surface area contributed by atoms with Gasteiger partial charge in [-0.1, -0.05) is 19.9 Å². The normalized spacial score (nSPS) is 12.6. The summed E-state index contributed by atoms with van der Waals surface area (Å²) in [6.07, 6.45) is 7.04. The molecule has 0 bridgehead atoms. The molecule has 6 aromatic heterocycles. The number of nitrogens with zero attached hydrogens (tertiary/aromatic N) is 5. The molecule has 0 saturated heterocycles. The number of pyridine rings is 3. The van der Waals surface area contributed by atoms with E-state index in [1.807, 2.05) is 24.3 Å². The molecular formula is C26H24N8OS. The molecule has 0 spiro atoms. The van der Waals surface area contributed by atoms with Crippen molar-refractivity contribution in [1.29, 1.82) is 0 Å². The van der Waals surface area contributed by atoms with Gasteiger partial charge in [-0.2, -0.15) is 5.10 Å². The van der Waals surface area contributed by atoms with Gasteiger partial charge in [-0.25, -0.2) is 15.0 Å². The van der Waals surface area contributed by atoms with Crippen molar-refractivity contribution >= 4 is 39.2 Å². The van der Waals surface area contributed by atoms with E-state index in [1.165, 1.54) is 0 Å². The number of thiophene rings is 1. The van der Waals surface area contributed by atoms with Crippen LogP contribution in [0.2, 0.25) is 0 Å². The lowest BCUT2D eigenvalue weighted by Gasteiger charge is -2.16. The third-order valence-electron chi connectivity index (χ3n) is 5.92. The highest BCUT2D eigenvalue weighted by atomic mass is 32.1. The van der Waals surface area contributed by atoms with Gasteiger partial charge in [0, 0.05) is 40.2 Å². The van der Waals surface area contributed by atoms with Gasteiger partial charge in [0.05, 0.1) is 22.8 Å². The van der Waals surface area contributed by atoms with E-state index in [0.29, 0.717) is 29.5 Å². The number of aliphatic hydroxyl groups is 1. The summed E-state index contributed by atoms with van der Waals surface area (Å²) in [7, 11) is 0. The Balaban J connectivity index is 1.37. The van der Waals surface area contributed by atoms with Gasteiger partial charge >= 0.3 is 0 Å². The van der Waals surface area contributed by atoms with Gasteiger partial charge in [-0.3, -0.25) is 10.1 Å². The van der Waals surface area contributed by atoms with Gasteiger partial charge in [0.15, 0.2) is 17.1 Å². The molecule has 6 aromatic rings. The van der Waals surface area contributed by atoms with Gasteiger partial charge in [-0.15, -0.1) is 11.3 Å². The van der Waals surface area contributed by atoms with Crippen LogP contribution in [0.25, 0.3) is 55.3 Å². The summed E-state index contributed by atoms with van der Waals surface area (Å²) in [4.78, 5) is 22.7. The lowest BCUT2D eigenvalue weighted by atomic mass is 10.1. The molecule has 10 heteroatoms. The molecule has 0 amide bonds. The van der Waals surface area contributed by atoms with E-state index in [1.54, 1.807) is 36.1 Å². The van der Waals surface area contributed by atoms with Crippen LogP contribution >= 0.6 is 11.3 Å². The number of aromatic nitrogens is 7. The minimum atomic E-state index is -0.635. The number of aliphatic hydroxyl groups excluding tert-OH is 1. The van der Waals surface area contributed by atoms with Crippen molar-refractivity contribution in [3.63, 3.8) is 0 Å². The lowest BCUT2D eigenvalue weighted by Crippen LogP contribution is -2.20. The van der Waals surface area contributed by atoms with E-state index in [9.17, 15) is 5.11 Å². The summed E-state index contributed by atoms with van der Waals surface area (Å²) in [5, 5.41) is 23.7. The van der Waals surface area contributed by atoms with Crippen LogP contribution in [-0.2, 0) is 0 Å². The molecule has 6 rings (SSSR count). The Labute approximate surface area is 210 Å². The Kier molecular flexibility index (Phi) is 5.67. The molecule has 0 aliphatic heterocycles. The second-order valence-electron chi connectivity index (χ2n) is 9.07. The lowest BCUT2D eigenvalue weighted by molar-refractivity contribution is 0.176. The third-order valence-corrected chi connectivity index (χ3v) is 6.83. The molecule has 0 fully saturated rings. The smallest absolute Gasteiger partial charge is 0.181 e. The molecule has 36 heavy (non-hydrogen) atoms. The molecular weight excluding hydrogens is 472 g/mol. The Hall–Kier alpha value is -4.15. The number of nitrogens with one attached hydrogen (secondary N) is 3. The molecule has 180 valence electrons. The minimum absolute atomic E-state index is 0.379. The zero-order valence-corrected chi connectivity index (χ0v) is 20.5. The summed E-state index contributed by atoms with van der Waals surface area (Å²) in [6.45, 7) is 4.15. The number of aromatic amines is 2. The first-order chi connectivity index (χ1) is 17.5. The van der Waals surface area contributed by atoms with E-state index < -0.39 is 6.23 Å². The van der Waals surface area contributed by atoms with Crippen LogP contribution in [-0.4, -0.2) is 46.5 Å². The van der Waals surface area contributed by atoms with Crippen LogP contribution in [0.3, 0.4) is 0 Å². The van der Waals surface area contributed by atoms with Crippen molar-refractivity contribution in [3.8, 4) is 33.1 Å². The molecule has 0 radical (unpaired) electrons. The molecule has 0 aliphatic carbocycles. The number of rotatable bonds is 7. The molecule has 6 heterocycles. The van der Waals surface area contributed by atoms with E-state index in [4.69, 9.17) is 4.98 Å². The molecule has 4 N–H and O–H groups in total. The summed E-state index contributed by atoms with van der Waals surface area (Å²) in [6, 6.07) is 10.1. The average molecular weight is 497 g/mol. The number of hydrogen-bond acceptors (Lipinski definition) is 8. The Morgan fingerprint density at radius 2 is 1.94 bits per heavy atom. The monoisotopic (exact) mass is 496 g/mol. The summed E-state index contributed by atoms with van der Waals surface area (Å²) in [5.41, 5.74) is 6.43. The van der Waals surface area contributed by atoms with E-state index in [0.717, 1.165) is 43.9 Å². The van der Waals surface area contributed by atoms with Crippen LogP contribution in [0, 0.1) is 5.92 Å². The molecule has 9 nitrogen and oxygen atoms in total. The number of anilines is 1. The second-order valence-corrected chi connectivity index (χ2v) is 10.0. The molecule has 0 aliphatic rings. The van der Waals surface area contributed by atoms with E-state index in [2.05, 4.69) is 60.7 Å². The predicted octanol–water partition coefficient (Wildman–Crippen LogP) is 5.46. The third kappa shape index (κ3) is 4.21. The predicted molar refractivity (Wildman–Crippen MR) is 142 cm³/mol. The first-order valence-corrected chi connectivity index (χ1v) is 12.6. The maximum atomic E-state index is 10.3. The summed E-state index contributed by atoms with van der Waals surface area (Å²) < 4.78 is 0. The standard InChI is InChI=1S/C26H24N8OS/c1-14(2)8-21(35)30-17-9-15(11-27-13-17)16-10-19-23(33-34-24(19)29-12-16)26-31-22-18(20-4-3-7-36-20)5-6-28-25(22)32-26/h3-7,9-14,21,30,35H,8H2,1-2H3,(H,28,31,32)(H,29,33,34). The highest BCUT2D eigenvalue weighted by Gasteiger charge is 2.17. The number of imidazole rings is 1. The fraction of sp³-hybridized carbons (Fsp3) is 0.192. The van der Waals surface area contributed by atoms with Gasteiger partial charge in [0.25, 0.3) is 0 Å². The fourth-order valence-electron chi connectivity index (χ4n) is 4.28. The summed E-state index contributed by atoms with van der Waals surface area (Å²) >= 11 is 1.67. The Morgan fingerprint density at radius 3 is 2.78 bits per heavy atom. The topological polar surface area (TPSA) is 128 Å². The SMILES string of the molecule is CC(C)CC(O)Nc1cncc(-c2cnc3n[nH]c(-c4nc5nccc(-c6cccs6)c5[nH]4)c3c2)c1. The van der Waals surface area contributed by atoms with Crippen LogP contribution < -0.4 is 5.32 Å². The number of hydrogen-bond donors (Lipinski definition) is 4. The summed E-state index contributed by atoms with van der Waals surface area (Å²) in [5.74, 6) is 1.03. The first kappa shape index (κ1) is 22.3. The van der Waals surface area contributed by atoms with Crippen molar-refractivity contribution in [1.82, 2.24) is 35.1 Å². The van der Waals surface area contributed by atoms with Crippen molar-refractivity contribution in [2.75, 3.05) is 5.32 Å². The van der Waals surface area contributed by atoms with Crippen LogP contribution in [0.4, 0.5) is 5.69 Å². The number of H-pyrrole nitrogens is 2. The molecule has 1 unspecified atom stereocenters. The number of fused-ring (bicyclic) bond motifs is 2. The van der Waals surface area contributed by atoms with E-state index >= 15 is 0 Å². The van der Waals surface area contributed by atoms with Crippen LogP contribution in [0.5, 0.6) is 0 Å². The van der Waals surface area contributed by atoms with Gasteiger partial charge in [0.2, 0.25) is 0 Å². The van der Waals surface area contributed by atoms with Crippen molar-refractivity contribution < 1.29 is 5.11 Å². The quantitative estimate of drug-likeness (QED) is 0.216. The first-order valence-electron chi connectivity index (χ1n) is 11.7. The van der Waals surface area contributed by atoms with Crippen LogP contribution in [0.1, 0.15) is 20.3 Å². The fourth-order valence-corrected chi connectivity index (χ4v) is 5.04. The van der Waals surface area contributed by atoms with Gasteiger partial charge in [0.1, 0.15) is 11.9 Å². The Bertz CT molecular complexity index is 1650. The average Bonchev–Trinajstić information content (AvgIpc) is 3.62. The highest BCUT2D eigenvalue weighted by molar-refractivity contribution is 7.13. The zero-order valence-electron chi connectivity index (χ0n) is 19.7. The van der Waals surface area contributed by atoms with Gasteiger partial charge < -0.3 is 15.4 Å². The van der Waals surface area contributed by atoms with Crippen molar-refractivity contribution in [2.24, 2.45) is 5.92 Å². The van der Waals surface area contributed by atoms with Crippen molar-refractivity contribution in [2.45, 2.75) is 26.5 Å². The van der Waals surface area contributed by atoms with Crippen LogP contribution in [0.15, 0.2) is 60.5 Å².